The summed E-state index contributed by atoms with van der Waals surface area (Å²) in [6.07, 6.45) is 9.39. The molecule has 1 unspecified atom stereocenters. The SMILES string of the molecule is CCC12CC=C(CC1)[C@@H](P(c1ccccc1)c1ccccc1)C2. The van der Waals surface area contributed by atoms with Gasteiger partial charge >= 0.3 is 0 Å². The van der Waals surface area contributed by atoms with Crippen LogP contribution in [0.5, 0.6) is 0 Å². The van der Waals surface area contributed by atoms with Crippen molar-refractivity contribution in [2.24, 2.45) is 5.41 Å². The van der Waals surface area contributed by atoms with E-state index in [0.29, 0.717) is 5.41 Å². The second kappa shape index (κ2) is 6.25. The molecule has 0 spiro atoms. The van der Waals surface area contributed by atoms with Gasteiger partial charge < -0.3 is 0 Å². The van der Waals surface area contributed by atoms with Crippen molar-refractivity contribution < 1.29 is 0 Å². The van der Waals surface area contributed by atoms with E-state index in [1.807, 2.05) is 0 Å². The van der Waals surface area contributed by atoms with E-state index in [4.69, 9.17) is 0 Å². The van der Waals surface area contributed by atoms with Crippen LogP contribution in [0.15, 0.2) is 72.3 Å². The van der Waals surface area contributed by atoms with E-state index >= 15 is 0 Å². The van der Waals surface area contributed by atoms with Crippen LogP contribution in [0.3, 0.4) is 0 Å². The second-order valence-electron chi connectivity index (χ2n) is 7.10. The quantitative estimate of drug-likeness (QED) is 0.523. The fourth-order valence-electron chi connectivity index (χ4n) is 4.40. The minimum Gasteiger partial charge on any atom is -0.0841 e. The molecule has 1 saturated carbocycles. The zero-order valence-electron chi connectivity index (χ0n) is 13.9. The molecule has 0 N–H and O–H groups in total. The fraction of sp³-hybridized carbons (Fsp3) is 0.364. The van der Waals surface area contributed by atoms with Crippen LogP contribution in [0, 0.1) is 5.41 Å². The summed E-state index contributed by atoms with van der Waals surface area (Å²) < 4.78 is 0. The molecule has 23 heavy (non-hydrogen) atoms. The predicted octanol–water partition coefficient (Wildman–Crippen LogP) is 5.40. The molecule has 2 bridgehead atoms. The molecule has 1 fully saturated rings. The van der Waals surface area contributed by atoms with Crippen molar-refractivity contribution >= 4 is 18.5 Å². The standard InChI is InChI=1S/C22H25P/c1-2-22-15-13-18(14-16-22)21(17-22)23(19-9-5-3-6-10-19)20-11-7-4-8-12-20/h3-13,21H,2,14-17H2,1H3/t21-,22?/m0/s1. The number of benzene rings is 2. The van der Waals surface area contributed by atoms with Gasteiger partial charge in [-0.05, 0) is 49.6 Å². The average molecular weight is 320 g/mol. The molecular weight excluding hydrogens is 295 g/mol. The molecule has 0 aliphatic heterocycles. The molecule has 0 radical (unpaired) electrons. The molecule has 0 amide bonds. The first-order valence-electron chi connectivity index (χ1n) is 8.90. The van der Waals surface area contributed by atoms with Gasteiger partial charge in [-0.25, -0.2) is 0 Å². The molecule has 118 valence electrons. The van der Waals surface area contributed by atoms with Crippen LogP contribution in [0.1, 0.15) is 39.0 Å². The molecule has 0 saturated heterocycles. The molecule has 5 rings (SSSR count). The Morgan fingerprint density at radius 1 is 0.957 bits per heavy atom. The summed E-state index contributed by atoms with van der Waals surface area (Å²) in [4.78, 5) is 0. The van der Waals surface area contributed by atoms with Gasteiger partial charge in [0.2, 0.25) is 0 Å². The lowest BCUT2D eigenvalue weighted by Gasteiger charge is -2.48. The Labute approximate surface area is 141 Å². The molecule has 2 aromatic rings. The first kappa shape index (κ1) is 15.2. The van der Waals surface area contributed by atoms with E-state index < -0.39 is 0 Å². The monoisotopic (exact) mass is 320 g/mol. The summed E-state index contributed by atoms with van der Waals surface area (Å²) >= 11 is 0. The van der Waals surface area contributed by atoms with Gasteiger partial charge in [-0.2, -0.15) is 0 Å². The van der Waals surface area contributed by atoms with Crippen molar-refractivity contribution in [2.75, 3.05) is 0 Å². The van der Waals surface area contributed by atoms with Crippen molar-refractivity contribution in [3.05, 3.63) is 72.3 Å². The van der Waals surface area contributed by atoms with E-state index in [0.717, 1.165) is 5.66 Å². The van der Waals surface area contributed by atoms with E-state index in [1.165, 1.54) is 32.1 Å². The molecule has 2 atom stereocenters. The predicted molar refractivity (Wildman–Crippen MR) is 102 cm³/mol. The number of allylic oxidation sites excluding steroid dienone is 2. The minimum atomic E-state index is -0.290. The number of fused-ring (bicyclic) bond motifs is 3. The zero-order valence-corrected chi connectivity index (χ0v) is 14.8. The van der Waals surface area contributed by atoms with Gasteiger partial charge in [-0.15, -0.1) is 0 Å². The molecular formula is C22H25P. The molecule has 2 aromatic carbocycles. The van der Waals surface area contributed by atoms with Crippen LogP contribution >= 0.6 is 7.92 Å². The van der Waals surface area contributed by atoms with Gasteiger partial charge in [-0.3, -0.25) is 0 Å². The van der Waals surface area contributed by atoms with Gasteiger partial charge in [0.15, 0.2) is 0 Å². The van der Waals surface area contributed by atoms with Gasteiger partial charge in [-0.1, -0.05) is 85.7 Å². The van der Waals surface area contributed by atoms with Crippen molar-refractivity contribution in [2.45, 2.75) is 44.7 Å². The molecule has 0 heterocycles. The van der Waals surface area contributed by atoms with Crippen LogP contribution < -0.4 is 10.6 Å². The highest BCUT2D eigenvalue weighted by Gasteiger charge is 2.43. The Bertz CT molecular complexity index is 649. The smallest absolute Gasteiger partial charge is 0.00862 e. The van der Waals surface area contributed by atoms with Crippen LogP contribution in [-0.4, -0.2) is 5.66 Å². The van der Waals surface area contributed by atoms with E-state index in [9.17, 15) is 0 Å². The molecule has 0 nitrogen and oxygen atoms in total. The third kappa shape index (κ3) is 2.79. The highest BCUT2D eigenvalue weighted by Crippen LogP contribution is 2.58. The van der Waals surface area contributed by atoms with E-state index in [-0.39, 0.29) is 7.92 Å². The first-order valence-corrected chi connectivity index (χ1v) is 10.3. The Hall–Kier alpha value is -1.39. The van der Waals surface area contributed by atoms with Crippen molar-refractivity contribution in [3.8, 4) is 0 Å². The summed E-state index contributed by atoms with van der Waals surface area (Å²) in [5.74, 6) is 0. The minimum absolute atomic E-state index is 0.290. The third-order valence-electron chi connectivity index (χ3n) is 5.93. The normalized spacial score (nSPS) is 26.3. The Balaban J connectivity index is 1.78. The Morgan fingerprint density at radius 2 is 1.57 bits per heavy atom. The maximum atomic E-state index is 2.60. The number of rotatable bonds is 4. The average Bonchev–Trinajstić information content (AvgIpc) is 2.65. The number of hydrogen-bond acceptors (Lipinski definition) is 0. The van der Waals surface area contributed by atoms with Gasteiger partial charge in [0.25, 0.3) is 0 Å². The van der Waals surface area contributed by atoms with Crippen molar-refractivity contribution in [3.63, 3.8) is 0 Å². The zero-order chi connectivity index (χ0) is 15.7. The largest absolute Gasteiger partial charge is 0.0841 e. The van der Waals surface area contributed by atoms with Crippen LogP contribution in [0.4, 0.5) is 0 Å². The maximum Gasteiger partial charge on any atom is 0.00862 e. The lowest BCUT2D eigenvalue weighted by atomic mass is 9.64. The fourth-order valence-corrected chi connectivity index (χ4v) is 7.54. The van der Waals surface area contributed by atoms with Crippen molar-refractivity contribution in [1.82, 2.24) is 0 Å². The maximum absolute atomic E-state index is 2.60. The Morgan fingerprint density at radius 3 is 2.04 bits per heavy atom. The summed E-state index contributed by atoms with van der Waals surface area (Å²) in [5, 5.41) is 3.08. The lowest BCUT2D eigenvalue weighted by Crippen LogP contribution is -2.38. The first-order chi connectivity index (χ1) is 11.3. The molecule has 1 heteroatoms. The van der Waals surface area contributed by atoms with E-state index in [1.54, 1.807) is 16.2 Å². The molecule has 3 aliphatic carbocycles. The molecule has 3 aliphatic rings. The summed E-state index contributed by atoms with van der Waals surface area (Å²) in [5.41, 5.74) is 3.08. The van der Waals surface area contributed by atoms with Gasteiger partial charge in [0.1, 0.15) is 0 Å². The number of hydrogen-bond donors (Lipinski definition) is 0. The van der Waals surface area contributed by atoms with Crippen LogP contribution in [-0.2, 0) is 0 Å². The summed E-state index contributed by atoms with van der Waals surface area (Å²) in [6, 6.07) is 22.5. The van der Waals surface area contributed by atoms with Gasteiger partial charge in [0, 0.05) is 5.66 Å². The van der Waals surface area contributed by atoms with E-state index in [2.05, 4.69) is 73.7 Å². The lowest BCUT2D eigenvalue weighted by molar-refractivity contribution is 0.194. The highest BCUT2D eigenvalue weighted by molar-refractivity contribution is 7.73. The second-order valence-corrected chi connectivity index (χ2v) is 9.49. The summed E-state index contributed by atoms with van der Waals surface area (Å²) in [7, 11) is -0.290. The molecule has 0 aromatic heterocycles. The van der Waals surface area contributed by atoms with Crippen molar-refractivity contribution in [1.29, 1.82) is 0 Å². The van der Waals surface area contributed by atoms with Gasteiger partial charge in [0.05, 0.1) is 0 Å². The summed E-state index contributed by atoms with van der Waals surface area (Å²) in [6.45, 7) is 2.40. The Kier molecular flexibility index (Phi) is 4.12. The third-order valence-corrected chi connectivity index (χ3v) is 8.77. The van der Waals surface area contributed by atoms with Crippen LogP contribution in [0.25, 0.3) is 0 Å². The highest BCUT2D eigenvalue weighted by atomic mass is 31.1. The van der Waals surface area contributed by atoms with Crippen LogP contribution in [0.2, 0.25) is 0 Å². The topological polar surface area (TPSA) is 0 Å².